The highest BCUT2D eigenvalue weighted by atomic mass is 79.9. The van der Waals surface area contributed by atoms with Crippen molar-refractivity contribution in [1.82, 2.24) is 10.2 Å². The fourth-order valence-corrected chi connectivity index (χ4v) is 1.69. The molecule has 1 saturated heterocycles. The van der Waals surface area contributed by atoms with Crippen LogP contribution in [0.3, 0.4) is 0 Å². The van der Waals surface area contributed by atoms with Crippen molar-refractivity contribution in [2.75, 3.05) is 13.1 Å². The normalized spacial score (nSPS) is 24.2. The topological polar surface area (TPSA) is 89.9 Å². The lowest BCUT2D eigenvalue weighted by Gasteiger charge is -2.21. The van der Waals surface area contributed by atoms with E-state index in [9.17, 15) is 14.7 Å². The number of aliphatic hydroxyl groups excluding tert-OH is 1. The average molecular weight is 293 g/mol. The summed E-state index contributed by atoms with van der Waals surface area (Å²) in [6, 6.07) is -1.47. The fourth-order valence-electron chi connectivity index (χ4n) is 1.55. The molecule has 90 valence electrons. The number of nitrogens with one attached hydrogen (secondary N) is 1. The van der Waals surface area contributed by atoms with Crippen molar-refractivity contribution in [2.24, 2.45) is 0 Å². The Morgan fingerprint density at radius 1 is 1.56 bits per heavy atom. The van der Waals surface area contributed by atoms with Gasteiger partial charge in [0.2, 0.25) is 0 Å². The van der Waals surface area contributed by atoms with E-state index in [2.05, 4.69) is 27.8 Å². The van der Waals surface area contributed by atoms with Gasteiger partial charge in [0.15, 0.2) is 0 Å². The zero-order valence-corrected chi connectivity index (χ0v) is 10.1. The number of hydrogen-bond donors (Lipinski definition) is 3. The third-order valence-electron chi connectivity index (χ3n) is 2.26. The van der Waals surface area contributed by atoms with Crippen LogP contribution in [0, 0.1) is 0 Å². The maximum atomic E-state index is 11.6. The van der Waals surface area contributed by atoms with Crippen LogP contribution in [0.2, 0.25) is 0 Å². The van der Waals surface area contributed by atoms with Gasteiger partial charge in [-0.05, 0) is 0 Å². The molecule has 0 radical (unpaired) electrons. The molecule has 0 aromatic rings. The summed E-state index contributed by atoms with van der Waals surface area (Å²) in [5.41, 5.74) is 0. The van der Waals surface area contributed by atoms with Crippen molar-refractivity contribution >= 4 is 27.9 Å². The Bertz CT molecular complexity index is 321. The third kappa shape index (κ3) is 3.21. The Hall–Kier alpha value is -1.08. The number of β-amino-alcohol motifs (C(OH)–C–C–N with tert-alkyl or cyclic N) is 1. The minimum Gasteiger partial charge on any atom is -0.480 e. The number of carboxylic acid groups (broad SMARTS) is 1. The van der Waals surface area contributed by atoms with Crippen LogP contribution in [0.15, 0.2) is 11.1 Å². The van der Waals surface area contributed by atoms with E-state index in [1.807, 2.05) is 0 Å². The minimum absolute atomic E-state index is 0.0392. The number of urea groups is 1. The van der Waals surface area contributed by atoms with Crippen molar-refractivity contribution < 1.29 is 19.8 Å². The second-order valence-electron chi connectivity index (χ2n) is 3.57. The number of carbonyl (C=O) groups excluding carboxylic acids is 1. The molecule has 0 aromatic heterocycles. The molecule has 0 aliphatic carbocycles. The molecule has 16 heavy (non-hydrogen) atoms. The van der Waals surface area contributed by atoms with Crippen LogP contribution < -0.4 is 5.32 Å². The first kappa shape index (κ1) is 13.0. The van der Waals surface area contributed by atoms with Gasteiger partial charge in [-0.2, -0.15) is 0 Å². The number of nitrogens with zero attached hydrogens (tertiary/aromatic N) is 1. The van der Waals surface area contributed by atoms with Gasteiger partial charge >= 0.3 is 12.0 Å². The molecule has 1 aliphatic heterocycles. The van der Waals surface area contributed by atoms with E-state index >= 15 is 0 Å². The summed E-state index contributed by atoms with van der Waals surface area (Å²) in [7, 11) is 0. The van der Waals surface area contributed by atoms with Crippen molar-refractivity contribution in [3.63, 3.8) is 0 Å². The molecule has 0 bridgehead atoms. The molecule has 0 aromatic carbocycles. The number of halogens is 1. The highest BCUT2D eigenvalue weighted by Gasteiger charge is 2.38. The zero-order valence-electron chi connectivity index (χ0n) is 8.52. The summed E-state index contributed by atoms with van der Waals surface area (Å²) in [4.78, 5) is 23.5. The van der Waals surface area contributed by atoms with Crippen LogP contribution in [0.25, 0.3) is 0 Å². The third-order valence-corrected chi connectivity index (χ3v) is 2.54. The Kier molecular flexibility index (Phi) is 4.31. The van der Waals surface area contributed by atoms with Crippen LogP contribution in [0.5, 0.6) is 0 Å². The molecule has 0 unspecified atom stereocenters. The number of carbonyl (C=O) groups is 2. The van der Waals surface area contributed by atoms with E-state index in [1.165, 1.54) is 0 Å². The summed E-state index contributed by atoms with van der Waals surface area (Å²) < 4.78 is 0.590. The molecule has 0 spiro atoms. The van der Waals surface area contributed by atoms with Crippen molar-refractivity contribution in [2.45, 2.75) is 18.6 Å². The largest absolute Gasteiger partial charge is 0.480 e. The van der Waals surface area contributed by atoms with Crippen LogP contribution >= 0.6 is 15.9 Å². The second kappa shape index (κ2) is 5.31. The van der Waals surface area contributed by atoms with Gasteiger partial charge in [-0.15, -0.1) is 0 Å². The number of hydrogen-bond acceptors (Lipinski definition) is 3. The molecule has 0 saturated carbocycles. The van der Waals surface area contributed by atoms with Gasteiger partial charge in [0.05, 0.1) is 12.6 Å². The van der Waals surface area contributed by atoms with Crippen LogP contribution in [-0.4, -0.2) is 52.3 Å². The van der Waals surface area contributed by atoms with Gasteiger partial charge in [-0.1, -0.05) is 22.5 Å². The first-order chi connectivity index (χ1) is 7.41. The van der Waals surface area contributed by atoms with Crippen molar-refractivity contribution in [1.29, 1.82) is 0 Å². The van der Waals surface area contributed by atoms with Gasteiger partial charge in [0.25, 0.3) is 0 Å². The smallest absolute Gasteiger partial charge is 0.326 e. The number of rotatable bonds is 3. The van der Waals surface area contributed by atoms with E-state index in [-0.39, 0.29) is 19.5 Å². The lowest BCUT2D eigenvalue weighted by molar-refractivity contribution is -0.141. The number of amides is 2. The highest BCUT2D eigenvalue weighted by Crippen LogP contribution is 2.18. The van der Waals surface area contributed by atoms with E-state index in [0.29, 0.717) is 4.48 Å². The zero-order chi connectivity index (χ0) is 12.3. The van der Waals surface area contributed by atoms with E-state index in [4.69, 9.17) is 5.11 Å². The van der Waals surface area contributed by atoms with Gasteiger partial charge in [0, 0.05) is 17.4 Å². The SMILES string of the molecule is C=C(Br)CNC(=O)N1C[C@H](O)C[C@@H]1C(=O)O. The molecule has 2 amide bonds. The van der Waals surface area contributed by atoms with Gasteiger partial charge in [-0.3, -0.25) is 0 Å². The molecular weight excluding hydrogens is 280 g/mol. The van der Waals surface area contributed by atoms with Crippen molar-refractivity contribution in [3.05, 3.63) is 11.1 Å². The molecule has 3 N–H and O–H groups in total. The van der Waals surface area contributed by atoms with Gasteiger partial charge in [0.1, 0.15) is 6.04 Å². The highest BCUT2D eigenvalue weighted by molar-refractivity contribution is 9.11. The molecule has 1 fully saturated rings. The average Bonchev–Trinajstić information content (AvgIpc) is 2.56. The maximum absolute atomic E-state index is 11.6. The molecule has 1 heterocycles. The van der Waals surface area contributed by atoms with Crippen LogP contribution in [0.1, 0.15) is 6.42 Å². The Morgan fingerprint density at radius 3 is 2.69 bits per heavy atom. The molecule has 1 rings (SSSR count). The van der Waals surface area contributed by atoms with Gasteiger partial charge < -0.3 is 20.4 Å². The lowest BCUT2D eigenvalue weighted by Crippen LogP contribution is -2.46. The number of aliphatic carboxylic acids is 1. The summed E-state index contributed by atoms with van der Waals surface area (Å²) in [6.07, 6.45) is -0.711. The molecule has 1 aliphatic rings. The summed E-state index contributed by atoms with van der Waals surface area (Å²) in [6.45, 7) is 3.80. The van der Waals surface area contributed by atoms with Crippen LogP contribution in [0.4, 0.5) is 4.79 Å². The molecular formula is C9H13BrN2O4. The molecule has 6 nitrogen and oxygen atoms in total. The monoisotopic (exact) mass is 292 g/mol. The van der Waals surface area contributed by atoms with Crippen LogP contribution in [-0.2, 0) is 4.79 Å². The summed E-state index contributed by atoms with van der Waals surface area (Å²) >= 11 is 3.07. The second-order valence-corrected chi connectivity index (χ2v) is 4.69. The number of aliphatic hydroxyl groups is 1. The van der Waals surface area contributed by atoms with E-state index in [1.54, 1.807) is 0 Å². The quantitative estimate of drug-likeness (QED) is 0.689. The van der Waals surface area contributed by atoms with E-state index in [0.717, 1.165) is 4.90 Å². The van der Waals surface area contributed by atoms with E-state index < -0.39 is 24.1 Å². The fraction of sp³-hybridized carbons (Fsp3) is 0.556. The number of likely N-dealkylation sites (tertiary alicyclic amines) is 1. The molecule has 2 atom stereocenters. The minimum atomic E-state index is -1.11. The Morgan fingerprint density at radius 2 is 2.19 bits per heavy atom. The summed E-state index contributed by atoms with van der Waals surface area (Å²) in [5, 5.41) is 20.7. The molecule has 7 heteroatoms. The standard InChI is InChI=1S/C9H13BrN2O4/c1-5(10)3-11-9(16)12-4-6(13)2-7(12)8(14)15/h6-7,13H,1-4H2,(H,11,16)(H,14,15)/t6-,7-/m1/s1. The lowest BCUT2D eigenvalue weighted by atomic mass is 10.2. The summed E-state index contributed by atoms with van der Waals surface area (Å²) in [5.74, 6) is -1.11. The maximum Gasteiger partial charge on any atom is 0.326 e. The van der Waals surface area contributed by atoms with Crippen molar-refractivity contribution in [3.8, 4) is 0 Å². The Balaban J connectivity index is 2.59. The first-order valence-electron chi connectivity index (χ1n) is 4.70. The van der Waals surface area contributed by atoms with Gasteiger partial charge in [-0.25, -0.2) is 9.59 Å². The first-order valence-corrected chi connectivity index (χ1v) is 5.49. The predicted molar refractivity (Wildman–Crippen MR) is 60.2 cm³/mol. The Labute approximate surface area is 101 Å². The number of carboxylic acids is 1. The predicted octanol–water partition coefficient (Wildman–Crippen LogP) is 0.124.